The van der Waals surface area contributed by atoms with Gasteiger partial charge in [0.25, 0.3) is 0 Å². The molecule has 1 fully saturated rings. The van der Waals surface area contributed by atoms with Crippen LogP contribution < -0.4 is 10.6 Å². The molecule has 1 saturated heterocycles. The Labute approximate surface area is 152 Å². The van der Waals surface area contributed by atoms with E-state index in [-0.39, 0.29) is 5.54 Å². The van der Waals surface area contributed by atoms with Crippen LogP contribution in [0.25, 0.3) is 0 Å². The Morgan fingerprint density at radius 3 is 2.27 bits per heavy atom. The average molecular weight is 372 g/mol. The standard InChI is InChI=1S/C18H27F3N4O/c1-17(2,25-8-10-26-11-9-25)13-24-16(22-3)23-12-14-4-6-15(7-5-14)18(19,20)21/h4-7H,8-13H2,1-3H3,(H2,22,23,24). The van der Waals surface area contributed by atoms with Crippen LogP contribution in [0.15, 0.2) is 29.3 Å². The normalized spacial score (nSPS) is 17.2. The maximum Gasteiger partial charge on any atom is 0.416 e. The zero-order valence-corrected chi connectivity index (χ0v) is 15.5. The molecule has 0 aliphatic carbocycles. The molecule has 1 aliphatic heterocycles. The molecule has 1 aromatic rings. The van der Waals surface area contributed by atoms with Gasteiger partial charge < -0.3 is 15.4 Å². The first kappa shape index (κ1) is 20.5. The SMILES string of the molecule is CN=C(NCc1ccc(C(F)(F)F)cc1)NCC(C)(C)N1CCOCC1. The summed E-state index contributed by atoms with van der Waals surface area (Å²) >= 11 is 0. The van der Waals surface area contributed by atoms with Gasteiger partial charge in [0.1, 0.15) is 0 Å². The van der Waals surface area contributed by atoms with Gasteiger partial charge in [-0.3, -0.25) is 9.89 Å². The Kier molecular flexibility index (Phi) is 6.88. The number of nitrogens with one attached hydrogen (secondary N) is 2. The number of hydrogen-bond donors (Lipinski definition) is 2. The van der Waals surface area contributed by atoms with Gasteiger partial charge in [-0.15, -0.1) is 0 Å². The maximum absolute atomic E-state index is 12.6. The molecule has 0 saturated carbocycles. The summed E-state index contributed by atoms with van der Waals surface area (Å²) in [5.41, 5.74) is 0.0554. The highest BCUT2D eigenvalue weighted by Crippen LogP contribution is 2.29. The Bertz CT molecular complexity index is 593. The third-order valence-electron chi connectivity index (χ3n) is 4.52. The van der Waals surface area contributed by atoms with Gasteiger partial charge in [0.15, 0.2) is 5.96 Å². The number of aliphatic imine (C=N–C) groups is 1. The van der Waals surface area contributed by atoms with Crippen molar-refractivity contribution in [3.63, 3.8) is 0 Å². The molecule has 26 heavy (non-hydrogen) atoms. The lowest BCUT2D eigenvalue weighted by Gasteiger charge is -2.41. The predicted octanol–water partition coefficient (Wildman–Crippen LogP) is 2.48. The minimum absolute atomic E-state index is 0.0598. The fourth-order valence-electron chi connectivity index (χ4n) is 2.80. The van der Waals surface area contributed by atoms with Crippen molar-refractivity contribution in [3.05, 3.63) is 35.4 Å². The van der Waals surface area contributed by atoms with Crippen molar-refractivity contribution in [1.82, 2.24) is 15.5 Å². The van der Waals surface area contributed by atoms with E-state index >= 15 is 0 Å². The number of morpholine rings is 1. The van der Waals surface area contributed by atoms with Gasteiger partial charge in [-0.05, 0) is 31.5 Å². The molecule has 0 unspecified atom stereocenters. The quantitative estimate of drug-likeness (QED) is 0.616. The lowest BCUT2D eigenvalue weighted by molar-refractivity contribution is -0.137. The molecule has 0 bridgehead atoms. The highest BCUT2D eigenvalue weighted by atomic mass is 19.4. The lowest BCUT2D eigenvalue weighted by Crippen LogP contribution is -2.56. The van der Waals surface area contributed by atoms with Crippen molar-refractivity contribution >= 4 is 5.96 Å². The number of rotatable bonds is 5. The summed E-state index contributed by atoms with van der Waals surface area (Å²) in [6.45, 7) is 8.69. The molecular weight excluding hydrogens is 345 g/mol. The van der Waals surface area contributed by atoms with Crippen LogP contribution in [0.5, 0.6) is 0 Å². The summed E-state index contributed by atoms with van der Waals surface area (Å²) in [6.07, 6.45) is -4.31. The smallest absolute Gasteiger partial charge is 0.379 e. The Morgan fingerprint density at radius 2 is 1.73 bits per heavy atom. The molecule has 0 radical (unpaired) electrons. The van der Waals surface area contributed by atoms with Crippen LogP contribution in [0.3, 0.4) is 0 Å². The number of halogens is 3. The van der Waals surface area contributed by atoms with Crippen LogP contribution >= 0.6 is 0 Å². The fourth-order valence-corrected chi connectivity index (χ4v) is 2.80. The van der Waals surface area contributed by atoms with Crippen LogP contribution in [0.1, 0.15) is 25.0 Å². The van der Waals surface area contributed by atoms with Crippen LogP contribution in [-0.4, -0.2) is 56.3 Å². The first-order valence-corrected chi connectivity index (χ1v) is 8.66. The fraction of sp³-hybridized carbons (Fsp3) is 0.611. The van der Waals surface area contributed by atoms with Crippen LogP contribution in [-0.2, 0) is 17.5 Å². The number of benzene rings is 1. The summed E-state index contributed by atoms with van der Waals surface area (Å²) in [6, 6.07) is 5.13. The van der Waals surface area contributed by atoms with Gasteiger partial charge in [0.05, 0.1) is 18.8 Å². The van der Waals surface area contributed by atoms with E-state index in [0.29, 0.717) is 19.0 Å². The minimum atomic E-state index is -4.31. The largest absolute Gasteiger partial charge is 0.416 e. The zero-order valence-electron chi connectivity index (χ0n) is 15.5. The second-order valence-corrected chi connectivity index (χ2v) is 6.89. The average Bonchev–Trinajstić information content (AvgIpc) is 2.62. The van der Waals surface area contributed by atoms with Gasteiger partial charge >= 0.3 is 6.18 Å². The van der Waals surface area contributed by atoms with Crippen LogP contribution in [0.2, 0.25) is 0 Å². The van der Waals surface area contributed by atoms with E-state index in [2.05, 4.69) is 34.4 Å². The highest BCUT2D eigenvalue weighted by molar-refractivity contribution is 5.79. The van der Waals surface area contributed by atoms with Gasteiger partial charge in [-0.2, -0.15) is 13.2 Å². The Morgan fingerprint density at radius 1 is 1.12 bits per heavy atom. The lowest BCUT2D eigenvalue weighted by atomic mass is 10.0. The van der Waals surface area contributed by atoms with Gasteiger partial charge in [-0.1, -0.05) is 12.1 Å². The number of nitrogens with zero attached hydrogens (tertiary/aromatic N) is 2. The second kappa shape index (κ2) is 8.73. The van der Waals surface area contributed by atoms with Crippen LogP contribution in [0, 0.1) is 0 Å². The Hall–Kier alpha value is -1.80. The van der Waals surface area contributed by atoms with Crippen molar-refractivity contribution < 1.29 is 17.9 Å². The minimum Gasteiger partial charge on any atom is -0.379 e. The zero-order chi connectivity index (χ0) is 19.2. The summed E-state index contributed by atoms with van der Waals surface area (Å²) in [4.78, 5) is 6.55. The highest BCUT2D eigenvalue weighted by Gasteiger charge is 2.30. The third-order valence-corrected chi connectivity index (χ3v) is 4.52. The Balaban J connectivity index is 1.84. The molecule has 1 aliphatic rings. The number of alkyl halides is 3. The molecule has 0 aromatic heterocycles. The summed E-state index contributed by atoms with van der Waals surface area (Å²) in [5.74, 6) is 0.617. The van der Waals surface area contributed by atoms with Gasteiger partial charge in [0, 0.05) is 38.8 Å². The van der Waals surface area contributed by atoms with E-state index in [4.69, 9.17) is 4.74 Å². The molecule has 146 valence electrons. The second-order valence-electron chi connectivity index (χ2n) is 6.89. The maximum atomic E-state index is 12.6. The number of hydrogen-bond acceptors (Lipinski definition) is 3. The van der Waals surface area contributed by atoms with E-state index < -0.39 is 11.7 Å². The summed E-state index contributed by atoms with van der Waals surface area (Å²) in [7, 11) is 1.67. The van der Waals surface area contributed by atoms with E-state index in [1.54, 1.807) is 7.05 Å². The number of guanidine groups is 1. The molecule has 8 heteroatoms. The summed E-state index contributed by atoms with van der Waals surface area (Å²) in [5, 5.41) is 6.42. The van der Waals surface area contributed by atoms with Crippen molar-refractivity contribution in [2.24, 2.45) is 4.99 Å². The van der Waals surface area contributed by atoms with Crippen molar-refractivity contribution in [1.29, 1.82) is 0 Å². The van der Waals surface area contributed by atoms with Gasteiger partial charge in [-0.25, -0.2) is 0 Å². The molecule has 2 N–H and O–H groups in total. The molecule has 5 nitrogen and oxygen atoms in total. The van der Waals surface area contributed by atoms with Gasteiger partial charge in [0.2, 0.25) is 0 Å². The molecule has 1 aromatic carbocycles. The molecular formula is C18H27F3N4O. The first-order valence-electron chi connectivity index (χ1n) is 8.66. The van der Waals surface area contributed by atoms with E-state index in [1.807, 2.05) is 0 Å². The molecule has 0 amide bonds. The predicted molar refractivity (Wildman–Crippen MR) is 96.1 cm³/mol. The first-order chi connectivity index (χ1) is 12.2. The molecule has 2 rings (SSSR count). The van der Waals surface area contributed by atoms with Crippen molar-refractivity contribution in [3.8, 4) is 0 Å². The molecule has 1 heterocycles. The number of ether oxygens (including phenoxy) is 1. The van der Waals surface area contributed by atoms with Crippen molar-refractivity contribution in [2.45, 2.75) is 32.1 Å². The topological polar surface area (TPSA) is 48.9 Å². The van der Waals surface area contributed by atoms with Crippen LogP contribution in [0.4, 0.5) is 13.2 Å². The molecule has 0 atom stereocenters. The molecule has 0 spiro atoms. The third kappa shape index (κ3) is 5.88. The monoisotopic (exact) mass is 372 g/mol. The van der Waals surface area contributed by atoms with E-state index in [9.17, 15) is 13.2 Å². The van der Waals surface area contributed by atoms with Crippen molar-refractivity contribution in [2.75, 3.05) is 39.9 Å². The van der Waals surface area contributed by atoms with E-state index in [0.717, 1.165) is 44.0 Å². The van der Waals surface area contributed by atoms with E-state index in [1.165, 1.54) is 12.1 Å². The summed E-state index contributed by atoms with van der Waals surface area (Å²) < 4.78 is 43.2.